The molecule has 0 aliphatic heterocycles. The molecule has 0 saturated carbocycles. The van der Waals surface area contributed by atoms with Crippen LogP contribution in [-0.4, -0.2) is 45.3 Å². The normalized spacial score (nSPS) is 14.1. The lowest BCUT2D eigenvalue weighted by molar-refractivity contribution is 0.0697. The van der Waals surface area contributed by atoms with Gasteiger partial charge in [-0.3, -0.25) is 0 Å². The molecular formula is C11H16N2O3S. The van der Waals surface area contributed by atoms with Crippen molar-refractivity contribution in [2.24, 2.45) is 0 Å². The summed E-state index contributed by atoms with van der Waals surface area (Å²) in [4.78, 5) is 15.0. The number of rotatable bonds is 6. The van der Waals surface area contributed by atoms with Crippen LogP contribution in [0.25, 0.3) is 0 Å². The van der Waals surface area contributed by atoms with Crippen LogP contribution in [0.2, 0.25) is 0 Å². The Hall–Kier alpha value is -1.27. The smallest absolute Gasteiger partial charge is 0.339 e. The van der Waals surface area contributed by atoms with Crippen LogP contribution >= 0.6 is 11.8 Å². The van der Waals surface area contributed by atoms with Crippen molar-refractivity contribution in [2.75, 3.05) is 18.2 Å². The van der Waals surface area contributed by atoms with Crippen molar-refractivity contribution < 1.29 is 15.0 Å². The van der Waals surface area contributed by atoms with Gasteiger partial charge in [0.25, 0.3) is 0 Å². The second kappa shape index (κ2) is 6.46. The predicted molar refractivity (Wildman–Crippen MR) is 68.7 cm³/mol. The highest BCUT2D eigenvalue weighted by Gasteiger charge is 2.18. The van der Waals surface area contributed by atoms with Gasteiger partial charge in [0.1, 0.15) is 11.4 Å². The topological polar surface area (TPSA) is 82.5 Å². The van der Waals surface area contributed by atoms with E-state index in [1.54, 1.807) is 6.07 Å². The van der Waals surface area contributed by atoms with Crippen LogP contribution in [0.3, 0.4) is 0 Å². The zero-order chi connectivity index (χ0) is 12.8. The molecule has 0 bridgehead atoms. The molecule has 94 valence electrons. The van der Waals surface area contributed by atoms with Crippen molar-refractivity contribution in [3.63, 3.8) is 0 Å². The Bertz CT molecular complexity index is 383. The van der Waals surface area contributed by atoms with Gasteiger partial charge in [-0.2, -0.15) is 11.8 Å². The number of nitrogens with zero attached hydrogens (tertiary/aromatic N) is 1. The number of aromatic nitrogens is 1. The van der Waals surface area contributed by atoms with Gasteiger partial charge in [0, 0.05) is 17.5 Å². The van der Waals surface area contributed by atoms with Gasteiger partial charge in [-0.25, -0.2) is 9.78 Å². The van der Waals surface area contributed by atoms with Crippen molar-refractivity contribution in [2.45, 2.75) is 18.2 Å². The molecule has 3 N–H and O–H groups in total. The third-order valence-corrected chi connectivity index (χ3v) is 3.61. The van der Waals surface area contributed by atoms with Gasteiger partial charge < -0.3 is 15.5 Å². The SMILES string of the molecule is CSC(CO)C(C)Nc1ncccc1C(=O)O. The molecule has 1 rings (SSSR count). The molecule has 1 aromatic heterocycles. The molecule has 0 aromatic carbocycles. The van der Waals surface area contributed by atoms with Crippen molar-refractivity contribution >= 4 is 23.5 Å². The summed E-state index contributed by atoms with van der Waals surface area (Å²) in [7, 11) is 0. The first-order valence-electron chi connectivity index (χ1n) is 5.18. The zero-order valence-electron chi connectivity index (χ0n) is 9.75. The lowest BCUT2D eigenvalue weighted by Gasteiger charge is -2.22. The Labute approximate surface area is 104 Å². The molecule has 17 heavy (non-hydrogen) atoms. The predicted octanol–water partition coefficient (Wildman–Crippen LogP) is 1.30. The number of pyridine rings is 1. The Morgan fingerprint density at radius 1 is 1.65 bits per heavy atom. The summed E-state index contributed by atoms with van der Waals surface area (Å²) in [5.41, 5.74) is 0.136. The number of aliphatic hydroxyl groups is 1. The van der Waals surface area contributed by atoms with Crippen molar-refractivity contribution in [1.29, 1.82) is 0 Å². The van der Waals surface area contributed by atoms with Gasteiger partial charge >= 0.3 is 5.97 Å². The second-order valence-corrected chi connectivity index (χ2v) is 4.67. The second-order valence-electron chi connectivity index (χ2n) is 3.59. The van der Waals surface area contributed by atoms with Gasteiger partial charge in [-0.1, -0.05) is 0 Å². The number of anilines is 1. The molecule has 0 aliphatic rings. The molecule has 1 heterocycles. The van der Waals surface area contributed by atoms with Crippen LogP contribution in [0.15, 0.2) is 18.3 Å². The van der Waals surface area contributed by atoms with Crippen LogP contribution in [-0.2, 0) is 0 Å². The van der Waals surface area contributed by atoms with E-state index in [2.05, 4.69) is 10.3 Å². The summed E-state index contributed by atoms with van der Waals surface area (Å²) in [5.74, 6) is -0.683. The van der Waals surface area contributed by atoms with E-state index in [9.17, 15) is 4.79 Å². The summed E-state index contributed by atoms with van der Waals surface area (Å²) < 4.78 is 0. The van der Waals surface area contributed by atoms with Gasteiger partial charge in [0.2, 0.25) is 0 Å². The highest BCUT2D eigenvalue weighted by atomic mass is 32.2. The van der Waals surface area contributed by atoms with E-state index in [-0.39, 0.29) is 23.5 Å². The van der Waals surface area contributed by atoms with E-state index in [4.69, 9.17) is 10.2 Å². The molecule has 6 heteroatoms. The molecule has 0 amide bonds. The molecule has 2 atom stereocenters. The molecule has 5 nitrogen and oxygen atoms in total. The van der Waals surface area contributed by atoms with Crippen molar-refractivity contribution in [3.05, 3.63) is 23.9 Å². The van der Waals surface area contributed by atoms with Crippen LogP contribution in [0, 0.1) is 0 Å². The fraction of sp³-hybridized carbons (Fsp3) is 0.455. The van der Waals surface area contributed by atoms with Gasteiger partial charge in [0.15, 0.2) is 0 Å². The van der Waals surface area contributed by atoms with Crippen LogP contribution in [0.4, 0.5) is 5.82 Å². The van der Waals surface area contributed by atoms with Crippen molar-refractivity contribution in [1.82, 2.24) is 4.98 Å². The standard InChI is InChI=1S/C11H16N2O3S/c1-7(9(6-14)17-2)13-10-8(11(15)16)4-3-5-12-10/h3-5,7,9,14H,6H2,1-2H3,(H,12,13)(H,15,16). The molecule has 0 aliphatic carbocycles. The maximum atomic E-state index is 11.0. The summed E-state index contributed by atoms with van der Waals surface area (Å²) >= 11 is 1.52. The van der Waals surface area contributed by atoms with E-state index in [1.165, 1.54) is 24.0 Å². The molecule has 1 aromatic rings. The maximum Gasteiger partial charge on any atom is 0.339 e. The number of carboxylic acid groups (broad SMARTS) is 1. The van der Waals surface area contributed by atoms with Crippen LogP contribution in [0.1, 0.15) is 17.3 Å². The lowest BCUT2D eigenvalue weighted by atomic mass is 10.2. The first-order chi connectivity index (χ1) is 8.10. The monoisotopic (exact) mass is 256 g/mol. The molecule has 0 radical (unpaired) electrons. The number of hydrogen-bond donors (Lipinski definition) is 3. The third-order valence-electron chi connectivity index (χ3n) is 2.44. The average Bonchev–Trinajstić information content (AvgIpc) is 2.31. The van der Waals surface area contributed by atoms with Crippen LogP contribution in [0.5, 0.6) is 0 Å². The highest BCUT2D eigenvalue weighted by molar-refractivity contribution is 7.99. The summed E-state index contributed by atoms with van der Waals surface area (Å²) in [6.07, 6.45) is 3.43. The number of carboxylic acids is 1. The molecule has 0 spiro atoms. The van der Waals surface area contributed by atoms with E-state index in [0.717, 1.165) is 0 Å². The zero-order valence-corrected chi connectivity index (χ0v) is 10.6. The molecular weight excluding hydrogens is 240 g/mol. The van der Waals surface area contributed by atoms with E-state index in [1.807, 2.05) is 13.2 Å². The van der Waals surface area contributed by atoms with E-state index >= 15 is 0 Å². The fourth-order valence-electron chi connectivity index (χ4n) is 1.44. The molecule has 2 unspecified atom stereocenters. The van der Waals surface area contributed by atoms with Gasteiger partial charge in [-0.05, 0) is 25.3 Å². The lowest BCUT2D eigenvalue weighted by Crippen LogP contribution is -2.32. The Morgan fingerprint density at radius 2 is 2.35 bits per heavy atom. The molecule has 0 fully saturated rings. The fourth-order valence-corrected chi connectivity index (χ4v) is 2.06. The number of aromatic carboxylic acids is 1. The Morgan fingerprint density at radius 3 is 2.88 bits per heavy atom. The number of thioether (sulfide) groups is 1. The third kappa shape index (κ3) is 3.61. The van der Waals surface area contributed by atoms with Crippen molar-refractivity contribution in [3.8, 4) is 0 Å². The first kappa shape index (κ1) is 13.8. The largest absolute Gasteiger partial charge is 0.478 e. The van der Waals surface area contributed by atoms with Crippen LogP contribution < -0.4 is 5.32 Å². The summed E-state index contributed by atoms with van der Waals surface area (Å²) in [5, 5.41) is 21.2. The first-order valence-corrected chi connectivity index (χ1v) is 6.47. The van der Waals surface area contributed by atoms with E-state index in [0.29, 0.717) is 5.82 Å². The summed E-state index contributed by atoms with van der Waals surface area (Å²) in [6, 6.07) is 3.01. The number of hydrogen-bond acceptors (Lipinski definition) is 5. The van der Waals surface area contributed by atoms with E-state index < -0.39 is 5.97 Å². The number of aliphatic hydroxyl groups excluding tert-OH is 1. The minimum Gasteiger partial charge on any atom is -0.478 e. The van der Waals surface area contributed by atoms with Gasteiger partial charge in [-0.15, -0.1) is 0 Å². The Kier molecular flexibility index (Phi) is 5.24. The average molecular weight is 256 g/mol. The Balaban J connectivity index is 2.84. The number of carbonyl (C=O) groups is 1. The minimum absolute atomic E-state index is 0.00125. The minimum atomic E-state index is -1.02. The molecule has 0 saturated heterocycles. The quantitative estimate of drug-likeness (QED) is 0.711. The number of nitrogens with one attached hydrogen (secondary N) is 1. The summed E-state index contributed by atoms with van der Waals surface area (Å²) in [6.45, 7) is 1.92. The van der Waals surface area contributed by atoms with Gasteiger partial charge in [0.05, 0.1) is 6.61 Å². The highest BCUT2D eigenvalue weighted by Crippen LogP contribution is 2.17. The maximum absolute atomic E-state index is 11.0.